The molecule has 0 bridgehead atoms. The van der Waals surface area contributed by atoms with E-state index in [9.17, 15) is 24.3 Å². The minimum absolute atomic E-state index is 0.131. The van der Waals surface area contributed by atoms with Crippen molar-refractivity contribution in [3.8, 4) is 0 Å². The number of thioether (sulfide) groups is 1. The summed E-state index contributed by atoms with van der Waals surface area (Å²) in [5, 5.41) is 25.6. The monoisotopic (exact) mass is 455 g/mol. The zero-order valence-corrected chi connectivity index (χ0v) is 18.2. The van der Waals surface area contributed by atoms with E-state index >= 15 is 0 Å². The van der Waals surface area contributed by atoms with E-state index in [-0.39, 0.29) is 19.4 Å². The van der Waals surface area contributed by atoms with Gasteiger partial charge in [-0.05, 0) is 43.3 Å². The van der Waals surface area contributed by atoms with Crippen LogP contribution in [0.1, 0.15) is 31.2 Å². The van der Waals surface area contributed by atoms with Crippen LogP contribution in [0.15, 0.2) is 30.3 Å². The smallest absolute Gasteiger partial charge is 0.407 e. The van der Waals surface area contributed by atoms with Crippen LogP contribution in [-0.2, 0) is 20.9 Å². The molecule has 172 valence electrons. The van der Waals surface area contributed by atoms with Crippen molar-refractivity contribution in [2.24, 2.45) is 0 Å². The van der Waals surface area contributed by atoms with Crippen molar-refractivity contribution in [1.82, 2.24) is 16.0 Å². The van der Waals surface area contributed by atoms with Crippen LogP contribution in [0.25, 0.3) is 0 Å². The van der Waals surface area contributed by atoms with Gasteiger partial charge in [-0.25, -0.2) is 19.2 Å². The number of carbonyl (C=O) groups is 4. The molecule has 2 atom stereocenters. The number of carbonyl (C=O) groups excluding carboxylic acids is 2. The van der Waals surface area contributed by atoms with E-state index in [0.717, 1.165) is 5.56 Å². The maximum atomic E-state index is 12.0. The van der Waals surface area contributed by atoms with Crippen molar-refractivity contribution in [2.75, 3.05) is 18.6 Å². The van der Waals surface area contributed by atoms with Crippen LogP contribution >= 0.6 is 11.8 Å². The normalized spacial score (nSPS) is 12.3. The van der Waals surface area contributed by atoms with Gasteiger partial charge in [0.15, 0.2) is 0 Å². The average molecular weight is 456 g/mol. The van der Waals surface area contributed by atoms with Gasteiger partial charge in [0.2, 0.25) is 0 Å². The SMILES string of the molecule is CSCC[C@H](NC(=O)N[C@@H](CCCCNC(=O)OCc1ccccc1)C(=O)O)C(=O)O. The molecule has 1 rings (SSSR count). The first-order valence-corrected chi connectivity index (χ1v) is 11.2. The molecular formula is C20H29N3O7S. The van der Waals surface area contributed by atoms with E-state index in [1.807, 2.05) is 36.6 Å². The minimum Gasteiger partial charge on any atom is -0.480 e. The highest BCUT2D eigenvalue weighted by atomic mass is 32.2. The number of urea groups is 1. The minimum atomic E-state index is -1.22. The second kappa shape index (κ2) is 14.9. The number of carboxylic acids is 2. The van der Waals surface area contributed by atoms with Crippen molar-refractivity contribution in [3.63, 3.8) is 0 Å². The van der Waals surface area contributed by atoms with E-state index in [4.69, 9.17) is 9.84 Å². The fourth-order valence-corrected chi connectivity index (χ4v) is 3.02. The van der Waals surface area contributed by atoms with E-state index < -0.39 is 36.1 Å². The summed E-state index contributed by atoms with van der Waals surface area (Å²) in [5.74, 6) is -1.86. The number of aliphatic carboxylic acids is 2. The first kappa shape index (κ1) is 26.1. The Kier molecular flexibility index (Phi) is 12.6. The maximum absolute atomic E-state index is 12.0. The highest BCUT2D eigenvalue weighted by molar-refractivity contribution is 7.98. The molecule has 11 heteroatoms. The van der Waals surface area contributed by atoms with Crippen molar-refractivity contribution in [2.45, 2.75) is 44.4 Å². The molecular weight excluding hydrogens is 426 g/mol. The summed E-state index contributed by atoms with van der Waals surface area (Å²) < 4.78 is 5.07. The Morgan fingerprint density at radius 1 is 0.968 bits per heavy atom. The van der Waals surface area contributed by atoms with Crippen LogP contribution in [-0.4, -0.2) is 64.9 Å². The Bertz CT molecular complexity index is 718. The Balaban J connectivity index is 2.28. The zero-order chi connectivity index (χ0) is 23.1. The lowest BCUT2D eigenvalue weighted by atomic mass is 10.1. The third-order valence-corrected chi connectivity index (χ3v) is 4.86. The predicted molar refractivity (Wildman–Crippen MR) is 116 cm³/mol. The summed E-state index contributed by atoms with van der Waals surface area (Å²) in [5.41, 5.74) is 0.866. The van der Waals surface area contributed by atoms with Crippen molar-refractivity contribution in [3.05, 3.63) is 35.9 Å². The van der Waals surface area contributed by atoms with Gasteiger partial charge in [0.25, 0.3) is 0 Å². The van der Waals surface area contributed by atoms with Gasteiger partial charge in [0, 0.05) is 6.54 Å². The number of benzene rings is 1. The highest BCUT2D eigenvalue weighted by Gasteiger charge is 2.23. The van der Waals surface area contributed by atoms with E-state index in [0.29, 0.717) is 25.1 Å². The van der Waals surface area contributed by atoms with Gasteiger partial charge in [0.1, 0.15) is 18.7 Å². The van der Waals surface area contributed by atoms with Crippen molar-refractivity contribution in [1.29, 1.82) is 0 Å². The van der Waals surface area contributed by atoms with Crippen LogP contribution in [0.5, 0.6) is 0 Å². The molecule has 0 fully saturated rings. The Labute approximate surface area is 185 Å². The van der Waals surface area contributed by atoms with Gasteiger partial charge in [-0.2, -0.15) is 11.8 Å². The maximum Gasteiger partial charge on any atom is 0.407 e. The van der Waals surface area contributed by atoms with Crippen LogP contribution < -0.4 is 16.0 Å². The molecule has 3 amide bonds. The summed E-state index contributed by atoms with van der Waals surface area (Å²) in [7, 11) is 0. The second-order valence-corrected chi connectivity index (χ2v) is 7.65. The zero-order valence-electron chi connectivity index (χ0n) is 17.3. The summed E-state index contributed by atoms with van der Waals surface area (Å²) in [4.78, 5) is 46.2. The molecule has 10 nitrogen and oxygen atoms in total. The molecule has 0 aliphatic rings. The molecule has 0 aliphatic carbocycles. The van der Waals surface area contributed by atoms with Crippen LogP contribution in [0, 0.1) is 0 Å². The number of nitrogens with one attached hydrogen (secondary N) is 3. The number of carboxylic acid groups (broad SMARTS) is 2. The van der Waals surface area contributed by atoms with Crippen LogP contribution in [0.2, 0.25) is 0 Å². The van der Waals surface area contributed by atoms with Gasteiger partial charge < -0.3 is 30.9 Å². The fraction of sp³-hybridized carbons (Fsp3) is 0.500. The molecule has 0 saturated heterocycles. The predicted octanol–water partition coefficient (Wildman–Crippen LogP) is 2.04. The molecule has 0 radical (unpaired) electrons. The number of rotatable bonds is 14. The number of alkyl carbamates (subject to hydrolysis) is 1. The fourth-order valence-electron chi connectivity index (χ4n) is 2.55. The van der Waals surface area contributed by atoms with Gasteiger partial charge in [-0.3, -0.25) is 0 Å². The van der Waals surface area contributed by atoms with Crippen LogP contribution in [0.4, 0.5) is 9.59 Å². The summed E-state index contributed by atoms with van der Waals surface area (Å²) in [6.07, 6.45) is 2.52. The Morgan fingerprint density at radius 2 is 1.58 bits per heavy atom. The Hall–Kier alpha value is -2.95. The molecule has 5 N–H and O–H groups in total. The van der Waals surface area contributed by atoms with Gasteiger partial charge in [-0.15, -0.1) is 0 Å². The quantitative estimate of drug-likeness (QED) is 0.267. The summed E-state index contributed by atoms with van der Waals surface area (Å²) >= 11 is 1.44. The lowest BCUT2D eigenvalue weighted by Crippen LogP contribution is -2.51. The number of unbranched alkanes of at least 4 members (excludes halogenated alkanes) is 1. The van der Waals surface area contributed by atoms with Gasteiger partial charge >= 0.3 is 24.1 Å². The van der Waals surface area contributed by atoms with Gasteiger partial charge in [0.05, 0.1) is 0 Å². The topological polar surface area (TPSA) is 154 Å². The summed E-state index contributed by atoms with van der Waals surface area (Å²) in [6, 6.07) is 6.12. The Morgan fingerprint density at radius 3 is 2.16 bits per heavy atom. The summed E-state index contributed by atoms with van der Waals surface area (Å²) in [6.45, 7) is 0.447. The molecule has 1 aromatic carbocycles. The third-order valence-electron chi connectivity index (χ3n) is 4.22. The number of amides is 3. The molecule has 31 heavy (non-hydrogen) atoms. The largest absolute Gasteiger partial charge is 0.480 e. The molecule has 0 heterocycles. The standard InChI is InChI=1S/C20H29N3O7S/c1-31-12-10-16(18(26)27)23-19(28)22-15(17(24)25)9-5-6-11-21-20(29)30-13-14-7-3-2-4-8-14/h2-4,7-8,15-16H,5-6,9-13H2,1H3,(H,21,29)(H,24,25)(H,26,27)(H2,22,23,28)/t15-,16-/m0/s1. The molecule has 0 saturated carbocycles. The van der Waals surface area contributed by atoms with Crippen molar-refractivity contribution < 1.29 is 34.1 Å². The highest BCUT2D eigenvalue weighted by Crippen LogP contribution is 2.04. The molecule has 0 unspecified atom stereocenters. The number of hydrogen-bond acceptors (Lipinski definition) is 6. The second-order valence-electron chi connectivity index (χ2n) is 6.67. The molecule has 0 aromatic heterocycles. The van der Waals surface area contributed by atoms with Crippen LogP contribution in [0.3, 0.4) is 0 Å². The molecule has 0 aliphatic heterocycles. The van der Waals surface area contributed by atoms with E-state index in [1.54, 1.807) is 0 Å². The lowest BCUT2D eigenvalue weighted by molar-refractivity contribution is -0.139. The average Bonchev–Trinajstić information content (AvgIpc) is 2.74. The van der Waals surface area contributed by atoms with Crippen molar-refractivity contribution >= 4 is 35.8 Å². The van der Waals surface area contributed by atoms with E-state index in [2.05, 4.69) is 16.0 Å². The molecule has 0 spiro atoms. The first-order chi connectivity index (χ1) is 14.8. The number of hydrogen-bond donors (Lipinski definition) is 5. The van der Waals surface area contributed by atoms with E-state index in [1.165, 1.54) is 11.8 Å². The van der Waals surface area contributed by atoms with Gasteiger partial charge in [-0.1, -0.05) is 30.3 Å². The number of ether oxygens (including phenoxy) is 1. The third kappa shape index (κ3) is 11.7. The first-order valence-electron chi connectivity index (χ1n) is 9.79. The molecule has 1 aromatic rings. The lowest BCUT2D eigenvalue weighted by Gasteiger charge is -2.18.